The summed E-state index contributed by atoms with van der Waals surface area (Å²) in [5, 5.41) is 3.21. The Kier molecular flexibility index (Phi) is 9.22. The van der Waals surface area contributed by atoms with Crippen molar-refractivity contribution in [2.75, 3.05) is 5.75 Å². The number of rotatable bonds is 10. The topological polar surface area (TPSA) is 49.4 Å². The summed E-state index contributed by atoms with van der Waals surface area (Å²) in [4.78, 5) is 28.3. The molecule has 5 heteroatoms. The zero-order valence-electron chi connectivity index (χ0n) is 19.6. The van der Waals surface area contributed by atoms with E-state index < -0.39 is 6.04 Å². The highest BCUT2D eigenvalue weighted by molar-refractivity contribution is 7.99. The van der Waals surface area contributed by atoms with Crippen LogP contribution in [0.25, 0.3) is 0 Å². The van der Waals surface area contributed by atoms with Crippen molar-refractivity contribution in [2.45, 2.75) is 77.3 Å². The lowest BCUT2D eigenvalue weighted by atomic mass is 10.1. The molecule has 2 amide bonds. The summed E-state index contributed by atoms with van der Waals surface area (Å²) in [6.07, 6.45) is 5.03. The second kappa shape index (κ2) is 12.1. The third-order valence-corrected chi connectivity index (χ3v) is 7.27. The summed E-state index contributed by atoms with van der Waals surface area (Å²) >= 11 is 1.62. The van der Waals surface area contributed by atoms with Gasteiger partial charge in [0, 0.05) is 18.3 Å². The number of hydrogen-bond donors (Lipinski definition) is 1. The van der Waals surface area contributed by atoms with Crippen LogP contribution in [0.1, 0.15) is 61.3 Å². The van der Waals surface area contributed by atoms with Gasteiger partial charge in [0.2, 0.25) is 11.8 Å². The molecule has 172 valence electrons. The average molecular weight is 453 g/mol. The molecule has 3 rings (SSSR count). The number of aryl methyl sites for hydroxylation is 2. The van der Waals surface area contributed by atoms with Crippen LogP contribution in [0.3, 0.4) is 0 Å². The molecule has 32 heavy (non-hydrogen) atoms. The third-order valence-electron chi connectivity index (χ3n) is 6.31. The Hall–Kier alpha value is -2.27. The van der Waals surface area contributed by atoms with Gasteiger partial charge in [0.05, 0.1) is 5.75 Å². The third kappa shape index (κ3) is 6.86. The maximum absolute atomic E-state index is 13.4. The Morgan fingerprint density at radius 3 is 2.41 bits per heavy atom. The van der Waals surface area contributed by atoms with Crippen LogP contribution in [-0.4, -0.2) is 34.6 Å². The fourth-order valence-corrected chi connectivity index (χ4v) is 5.27. The number of benzene rings is 2. The van der Waals surface area contributed by atoms with Crippen molar-refractivity contribution in [1.29, 1.82) is 0 Å². The van der Waals surface area contributed by atoms with Crippen LogP contribution < -0.4 is 5.32 Å². The maximum atomic E-state index is 13.4. The van der Waals surface area contributed by atoms with Gasteiger partial charge in [-0.25, -0.2) is 0 Å². The smallest absolute Gasteiger partial charge is 0.243 e. The first kappa shape index (κ1) is 24.4. The number of nitrogens with one attached hydrogen (secondary N) is 1. The quantitative estimate of drug-likeness (QED) is 0.525. The molecule has 0 spiro atoms. The van der Waals surface area contributed by atoms with E-state index in [0.717, 1.165) is 24.2 Å². The molecule has 1 N–H and O–H groups in total. The molecule has 1 aliphatic carbocycles. The number of thioether (sulfide) groups is 1. The van der Waals surface area contributed by atoms with Crippen molar-refractivity contribution in [3.63, 3.8) is 0 Å². The standard InChI is InChI=1S/C27H36N2O2S/c1-4-25(27(31)28-24-11-7-8-12-24)29(17-22-15-13-20(2)14-16-22)26(30)19-32-18-23-10-6-5-9-21(23)3/h5-6,9-10,13-16,24-25H,4,7-8,11-12,17-19H2,1-3H3,(H,28,31)/t25-/m0/s1. The molecule has 2 aromatic carbocycles. The average Bonchev–Trinajstić information content (AvgIpc) is 3.29. The molecular formula is C27H36N2O2S. The van der Waals surface area contributed by atoms with Crippen LogP contribution in [0, 0.1) is 13.8 Å². The predicted molar refractivity (Wildman–Crippen MR) is 134 cm³/mol. The van der Waals surface area contributed by atoms with Gasteiger partial charge in [-0.3, -0.25) is 9.59 Å². The van der Waals surface area contributed by atoms with Crippen LogP contribution in [0.5, 0.6) is 0 Å². The molecule has 1 aliphatic rings. The summed E-state index contributed by atoms with van der Waals surface area (Å²) in [6.45, 7) is 6.61. The van der Waals surface area contributed by atoms with E-state index in [2.05, 4.69) is 55.6 Å². The van der Waals surface area contributed by atoms with Crippen LogP contribution in [-0.2, 0) is 21.9 Å². The molecule has 0 bridgehead atoms. The van der Waals surface area contributed by atoms with Gasteiger partial charge >= 0.3 is 0 Å². The minimum Gasteiger partial charge on any atom is -0.352 e. The number of hydrogen-bond acceptors (Lipinski definition) is 3. The highest BCUT2D eigenvalue weighted by Gasteiger charge is 2.30. The summed E-state index contributed by atoms with van der Waals surface area (Å²) < 4.78 is 0. The molecule has 0 radical (unpaired) electrons. The monoisotopic (exact) mass is 452 g/mol. The van der Waals surface area contributed by atoms with Gasteiger partial charge in [-0.2, -0.15) is 0 Å². The van der Waals surface area contributed by atoms with Crippen LogP contribution in [0.2, 0.25) is 0 Å². The Bertz CT molecular complexity index is 891. The van der Waals surface area contributed by atoms with E-state index in [1.165, 1.54) is 29.5 Å². The second-order valence-electron chi connectivity index (χ2n) is 8.84. The summed E-state index contributed by atoms with van der Waals surface area (Å²) in [5.41, 5.74) is 4.74. The number of nitrogens with zero attached hydrogens (tertiary/aromatic N) is 1. The first-order valence-corrected chi connectivity index (χ1v) is 12.9. The first-order valence-electron chi connectivity index (χ1n) is 11.8. The summed E-state index contributed by atoms with van der Waals surface area (Å²) in [6, 6.07) is 16.3. The summed E-state index contributed by atoms with van der Waals surface area (Å²) in [5.74, 6) is 1.18. The van der Waals surface area contributed by atoms with E-state index >= 15 is 0 Å². The molecule has 0 saturated heterocycles. The lowest BCUT2D eigenvalue weighted by molar-refractivity contribution is -0.139. The summed E-state index contributed by atoms with van der Waals surface area (Å²) in [7, 11) is 0. The van der Waals surface area contributed by atoms with E-state index in [1.807, 2.05) is 19.1 Å². The van der Waals surface area contributed by atoms with Gasteiger partial charge in [-0.1, -0.05) is 73.9 Å². The van der Waals surface area contributed by atoms with Gasteiger partial charge in [0.1, 0.15) is 6.04 Å². The predicted octanol–water partition coefficient (Wildman–Crippen LogP) is 5.40. The van der Waals surface area contributed by atoms with Crippen molar-refractivity contribution in [3.8, 4) is 0 Å². The Balaban J connectivity index is 1.70. The fourth-order valence-electron chi connectivity index (χ4n) is 4.28. The van der Waals surface area contributed by atoms with Crippen LogP contribution in [0.4, 0.5) is 0 Å². The molecule has 1 saturated carbocycles. The van der Waals surface area contributed by atoms with Crippen molar-refractivity contribution < 1.29 is 9.59 Å². The lowest BCUT2D eigenvalue weighted by Gasteiger charge is -2.31. The van der Waals surface area contributed by atoms with Crippen molar-refractivity contribution in [3.05, 3.63) is 70.8 Å². The van der Waals surface area contributed by atoms with Gasteiger partial charge in [0.25, 0.3) is 0 Å². The highest BCUT2D eigenvalue weighted by Crippen LogP contribution is 2.21. The van der Waals surface area contributed by atoms with Crippen molar-refractivity contribution in [2.24, 2.45) is 0 Å². The van der Waals surface area contributed by atoms with E-state index in [0.29, 0.717) is 18.7 Å². The zero-order chi connectivity index (χ0) is 22.9. The molecule has 0 aliphatic heterocycles. The number of carbonyl (C=O) groups is 2. The molecular weight excluding hydrogens is 416 g/mol. The van der Waals surface area contributed by atoms with E-state index in [1.54, 1.807) is 16.7 Å². The van der Waals surface area contributed by atoms with Gasteiger partial charge in [0.15, 0.2) is 0 Å². The molecule has 0 heterocycles. The van der Waals surface area contributed by atoms with Crippen LogP contribution >= 0.6 is 11.8 Å². The Morgan fingerprint density at radius 1 is 1.06 bits per heavy atom. The Labute approximate surface area is 197 Å². The minimum atomic E-state index is -0.441. The van der Waals surface area contributed by atoms with E-state index in [4.69, 9.17) is 0 Å². The molecule has 1 fully saturated rings. The van der Waals surface area contributed by atoms with Crippen molar-refractivity contribution in [1.82, 2.24) is 10.2 Å². The van der Waals surface area contributed by atoms with Crippen molar-refractivity contribution >= 4 is 23.6 Å². The lowest BCUT2D eigenvalue weighted by Crippen LogP contribution is -2.51. The van der Waals surface area contributed by atoms with E-state index in [-0.39, 0.29) is 17.9 Å². The van der Waals surface area contributed by atoms with Crippen LogP contribution in [0.15, 0.2) is 48.5 Å². The highest BCUT2D eigenvalue weighted by atomic mass is 32.2. The van der Waals surface area contributed by atoms with E-state index in [9.17, 15) is 9.59 Å². The van der Waals surface area contributed by atoms with Gasteiger partial charge < -0.3 is 10.2 Å². The minimum absolute atomic E-state index is 0.0104. The molecule has 2 aromatic rings. The zero-order valence-corrected chi connectivity index (χ0v) is 20.4. The van der Waals surface area contributed by atoms with Gasteiger partial charge in [-0.05, 0) is 49.8 Å². The first-order chi connectivity index (χ1) is 15.5. The second-order valence-corrected chi connectivity index (χ2v) is 9.83. The SMILES string of the molecule is CC[C@@H](C(=O)NC1CCCC1)N(Cc1ccc(C)cc1)C(=O)CSCc1ccccc1C. The van der Waals surface area contributed by atoms with Gasteiger partial charge in [-0.15, -0.1) is 11.8 Å². The Morgan fingerprint density at radius 2 is 1.75 bits per heavy atom. The molecule has 0 unspecified atom stereocenters. The number of amides is 2. The maximum Gasteiger partial charge on any atom is 0.243 e. The molecule has 4 nitrogen and oxygen atoms in total. The normalized spacial score (nSPS) is 14.8. The number of carbonyl (C=O) groups excluding carboxylic acids is 2. The molecule has 1 atom stereocenters. The molecule has 0 aromatic heterocycles. The largest absolute Gasteiger partial charge is 0.352 e. The fraction of sp³-hybridized carbons (Fsp3) is 0.481.